The predicted octanol–water partition coefficient (Wildman–Crippen LogP) is -0.166. The largest absolute Gasteiger partial charge is 0.480 e. The Bertz CT molecular complexity index is 514. The van der Waals surface area contributed by atoms with Crippen LogP contribution in [0.4, 0.5) is 0 Å². The normalized spacial score (nSPS) is 13.3. The maximum absolute atomic E-state index is 12.2. The lowest BCUT2D eigenvalue weighted by atomic mass is 10.2. The molecule has 8 nitrogen and oxygen atoms in total. The first-order chi connectivity index (χ1) is 9.75. The Hall–Kier alpha value is -2.38. The van der Waals surface area contributed by atoms with Crippen LogP contribution in [0.3, 0.4) is 0 Å². The Morgan fingerprint density at radius 2 is 1.90 bits per heavy atom. The Morgan fingerprint density at radius 3 is 2.38 bits per heavy atom. The number of aliphatic carboxylic acids is 1. The van der Waals surface area contributed by atoms with Crippen LogP contribution in [0.25, 0.3) is 0 Å². The van der Waals surface area contributed by atoms with E-state index in [1.807, 2.05) is 0 Å². The van der Waals surface area contributed by atoms with E-state index in [9.17, 15) is 14.4 Å². The summed E-state index contributed by atoms with van der Waals surface area (Å²) in [5.74, 6) is -1.80. The van der Waals surface area contributed by atoms with E-state index in [2.05, 4.69) is 5.10 Å². The Kier molecular flexibility index (Phi) is 5.45. The van der Waals surface area contributed by atoms with Crippen molar-refractivity contribution >= 4 is 17.8 Å². The SMILES string of the molecule is CC(C(=O)O)N(C)C(=O)CN(C)C(=O)C(C)n1cccn1. The molecule has 2 unspecified atom stereocenters. The summed E-state index contributed by atoms with van der Waals surface area (Å²) in [7, 11) is 2.90. The summed E-state index contributed by atoms with van der Waals surface area (Å²) in [6, 6.07) is 0.238. The Morgan fingerprint density at radius 1 is 1.29 bits per heavy atom. The monoisotopic (exact) mass is 296 g/mol. The van der Waals surface area contributed by atoms with Gasteiger partial charge < -0.3 is 14.9 Å². The Balaban J connectivity index is 2.64. The van der Waals surface area contributed by atoms with E-state index in [0.29, 0.717) is 0 Å². The zero-order valence-electron chi connectivity index (χ0n) is 12.6. The number of amides is 2. The van der Waals surface area contributed by atoms with Gasteiger partial charge >= 0.3 is 5.97 Å². The highest BCUT2D eigenvalue weighted by atomic mass is 16.4. The minimum Gasteiger partial charge on any atom is -0.480 e. The van der Waals surface area contributed by atoms with Crippen LogP contribution in [-0.4, -0.2) is 69.2 Å². The summed E-state index contributed by atoms with van der Waals surface area (Å²) in [6.45, 7) is 2.91. The van der Waals surface area contributed by atoms with E-state index in [1.54, 1.807) is 25.4 Å². The number of hydrogen-bond acceptors (Lipinski definition) is 4. The van der Waals surface area contributed by atoms with Crippen molar-refractivity contribution in [3.8, 4) is 0 Å². The number of carboxylic acids is 1. The van der Waals surface area contributed by atoms with Crippen molar-refractivity contribution in [3.05, 3.63) is 18.5 Å². The maximum atomic E-state index is 12.2. The van der Waals surface area contributed by atoms with Crippen molar-refractivity contribution in [3.63, 3.8) is 0 Å². The van der Waals surface area contributed by atoms with E-state index in [0.717, 1.165) is 4.90 Å². The zero-order valence-corrected chi connectivity index (χ0v) is 12.6. The molecule has 0 bridgehead atoms. The number of nitrogens with zero attached hydrogens (tertiary/aromatic N) is 4. The highest BCUT2D eigenvalue weighted by Crippen LogP contribution is 2.08. The summed E-state index contributed by atoms with van der Waals surface area (Å²) in [4.78, 5) is 37.3. The lowest BCUT2D eigenvalue weighted by Gasteiger charge is -2.26. The number of carbonyl (C=O) groups is 3. The van der Waals surface area contributed by atoms with Crippen molar-refractivity contribution in [2.45, 2.75) is 25.9 Å². The van der Waals surface area contributed by atoms with Crippen molar-refractivity contribution in [1.29, 1.82) is 0 Å². The van der Waals surface area contributed by atoms with Crippen molar-refractivity contribution in [2.75, 3.05) is 20.6 Å². The van der Waals surface area contributed by atoms with Crippen LogP contribution in [0, 0.1) is 0 Å². The van der Waals surface area contributed by atoms with E-state index in [1.165, 1.54) is 30.6 Å². The molecule has 1 heterocycles. The average molecular weight is 296 g/mol. The summed E-state index contributed by atoms with van der Waals surface area (Å²) in [6.07, 6.45) is 3.23. The molecule has 1 aromatic heterocycles. The third kappa shape index (κ3) is 4.04. The van der Waals surface area contributed by atoms with Crippen LogP contribution in [-0.2, 0) is 14.4 Å². The highest BCUT2D eigenvalue weighted by Gasteiger charge is 2.26. The molecule has 0 aliphatic heterocycles. The van der Waals surface area contributed by atoms with Gasteiger partial charge in [-0.3, -0.25) is 14.3 Å². The molecule has 0 aliphatic carbocycles. The molecule has 116 valence electrons. The number of aromatic nitrogens is 2. The fourth-order valence-electron chi connectivity index (χ4n) is 1.72. The minimum absolute atomic E-state index is 0.182. The van der Waals surface area contributed by atoms with Crippen LogP contribution >= 0.6 is 0 Å². The number of carbonyl (C=O) groups excluding carboxylic acids is 2. The number of hydrogen-bond donors (Lipinski definition) is 1. The molecule has 1 N–H and O–H groups in total. The molecule has 0 fully saturated rings. The van der Waals surface area contributed by atoms with Gasteiger partial charge in [-0.1, -0.05) is 0 Å². The molecule has 0 spiro atoms. The van der Waals surface area contributed by atoms with Crippen molar-refractivity contribution in [2.24, 2.45) is 0 Å². The number of rotatable bonds is 6. The molecule has 0 radical (unpaired) electrons. The minimum atomic E-state index is -1.09. The lowest BCUT2D eigenvalue weighted by Crippen LogP contribution is -2.46. The van der Waals surface area contributed by atoms with Gasteiger partial charge in [0.25, 0.3) is 0 Å². The van der Waals surface area contributed by atoms with E-state index in [4.69, 9.17) is 5.11 Å². The molecule has 8 heteroatoms. The molecule has 1 rings (SSSR count). The van der Waals surface area contributed by atoms with Gasteiger partial charge in [0.15, 0.2) is 0 Å². The second kappa shape index (κ2) is 6.87. The lowest BCUT2D eigenvalue weighted by molar-refractivity contribution is -0.149. The highest BCUT2D eigenvalue weighted by molar-refractivity contribution is 5.88. The van der Waals surface area contributed by atoms with Gasteiger partial charge in [-0.05, 0) is 19.9 Å². The molecule has 1 aromatic rings. The maximum Gasteiger partial charge on any atom is 0.326 e. The molecule has 0 saturated heterocycles. The van der Waals surface area contributed by atoms with Crippen LogP contribution in [0.2, 0.25) is 0 Å². The molecular weight excluding hydrogens is 276 g/mol. The van der Waals surface area contributed by atoms with Gasteiger partial charge in [0.2, 0.25) is 11.8 Å². The summed E-state index contributed by atoms with van der Waals surface area (Å²) < 4.78 is 1.49. The van der Waals surface area contributed by atoms with E-state index < -0.39 is 24.0 Å². The molecular formula is C13H20N4O4. The van der Waals surface area contributed by atoms with Crippen LogP contribution in [0.15, 0.2) is 18.5 Å². The smallest absolute Gasteiger partial charge is 0.326 e. The van der Waals surface area contributed by atoms with Gasteiger partial charge in [0.1, 0.15) is 12.1 Å². The molecule has 0 saturated carbocycles. The van der Waals surface area contributed by atoms with Gasteiger partial charge in [0, 0.05) is 26.5 Å². The topological polar surface area (TPSA) is 95.7 Å². The fourth-order valence-corrected chi connectivity index (χ4v) is 1.72. The van der Waals surface area contributed by atoms with Gasteiger partial charge in [0.05, 0.1) is 6.54 Å². The van der Waals surface area contributed by atoms with Crippen LogP contribution in [0.5, 0.6) is 0 Å². The average Bonchev–Trinajstić information content (AvgIpc) is 2.97. The number of carboxylic acid groups (broad SMARTS) is 1. The van der Waals surface area contributed by atoms with Gasteiger partial charge in [-0.15, -0.1) is 0 Å². The second-order valence-electron chi connectivity index (χ2n) is 4.88. The van der Waals surface area contributed by atoms with Gasteiger partial charge in [-0.2, -0.15) is 5.10 Å². The molecule has 2 atom stereocenters. The van der Waals surface area contributed by atoms with E-state index >= 15 is 0 Å². The van der Waals surface area contributed by atoms with Crippen LogP contribution in [0.1, 0.15) is 19.9 Å². The summed E-state index contributed by atoms with van der Waals surface area (Å²) >= 11 is 0. The van der Waals surface area contributed by atoms with Crippen molar-refractivity contribution < 1.29 is 19.5 Å². The van der Waals surface area contributed by atoms with E-state index in [-0.39, 0.29) is 12.5 Å². The predicted molar refractivity (Wildman–Crippen MR) is 74.4 cm³/mol. The first kappa shape index (κ1) is 16.7. The molecule has 21 heavy (non-hydrogen) atoms. The summed E-state index contributed by atoms with van der Waals surface area (Å²) in [5.41, 5.74) is 0. The first-order valence-corrected chi connectivity index (χ1v) is 6.48. The van der Waals surface area contributed by atoms with Crippen LogP contribution < -0.4 is 0 Å². The standard InChI is InChI=1S/C13H20N4O4/c1-9(17-7-5-6-14-17)12(19)15(3)8-11(18)16(4)10(2)13(20)21/h5-7,9-10H,8H2,1-4H3,(H,20,21). The molecule has 0 aliphatic rings. The quantitative estimate of drug-likeness (QED) is 0.786. The summed E-state index contributed by atoms with van der Waals surface area (Å²) in [5, 5.41) is 12.9. The first-order valence-electron chi connectivity index (χ1n) is 6.48. The third-order valence-corrected chi connectivity index (χ3v) is 3.36. The molecule has 0 aromatic carbocycles. The fraction of sp³-hybridized carbons (Fsp3) is 0.538. The third-order valence-electron chi connectivity index (χ3n) is 3.36. The van der Waals surface area contributed by atoms with Crippen molar-refractivity contribution in [1.82, 2.24) is 19.6 Å². The Labute approximate surface area is 122 Å². The zero-order chi connectivity index (χ0) is 16.2. The van der Waals surface area contributed by atoms with Gasteiger partial charge in [-0.25, -0.2) is 4.79 Å². The second-order valence-corrected chi connectivity index (χ2v) is 4.88. The number of likely N-dealkylation sites (N-methyl/N-ethyl adjacent to an activating group) is 2. The molecule has 2 amide bonds.